The number of rotatable bonds is 50. The van der Waals surface area contributed by atoms with E-state index in [1.54, 1.807) is 0 Å². The molecule has 0 saturated heterocycles. The number of unbranched alkanes of at least 4 members (excludes halogenated alkanes) is 21. The van der Waals surface area contributed by atoms with Crippen LogP contribution in [0.25, 0.3) is 0 Å². The number of carboxylic acid groups (broad SMARTS) is 1. The van der Waals surface area contributed by atoms with Gasteiger partial charge in [-0.05, 0) is 89.9 Å². The minimum atomic E-state index is -1.52. The number of carboxylic acids is 1. The third kappa shape index (κ3) is 52.1. The van der Waals surface area contributed by atoms with Crippen LogP contribution in [0.3, 0.4) is 0 Å². The highest BCUT2D eigenvalue weighted by molar-refractivity contribution is 5.71. The largest absolute Gasteiger partial charge is 0.477 e. The van der Waals surface area contributed by atoms with Gasteiger partial charge in [0.05, 0.1) is 34.4 Å². The highest BCUT2D eigenvalue weighted by atomic mass is 16.7. The molecule has 0 radical (unpaired) electrons. The van der Waals surface area contributed by atoms with Crippen molar-refractivity contribution in [1.82, 2.24) is 0 Å². The maximum Gasteiger partial charge on any atom is 0.361 e. The number of hydrogen-bond acceptors (Lipinski definition) is 7. The lowest BCUT2D eigenvalue weighted by Crippen LogP contribution is -2.40. The zero-order valence-electron chi connectivity index (χ0n) is 44.9. The Bertz CT molecular complexity index is 1400. The maximum atomic E-state index is 12.8. The summed E-state index contributed by atoms with van der Waals surface area (Å²) in [7, 11) is 5.95. The van der Waals surface area contributed by atoms with Gasteiger partial charge >= 0.3 is 17.9 Å². The predicted molar refractivity (Wildman–Crippen MR) is 290 cm³/mol. The number of quaternary nitrogens is 1. The van der Waals surface area contributed by atoms with Crippen LogP contribution in [0, 0.1) is 0 Å². The normalized spacial score (nSPS) is 13.5. The summed E-state index contributed by atoms with van der Waals surface area (Å²) in [4.78, 5) is 37.4. The molecule has 1 N–H and O–H groups in total. The molecule has 0 spiro atoms. The van der Waals surface area contributed by atoms with Crippen LogP contribution >= 0.6 is 0 Å². The summed E-state index contributed by atoms with van der Waals surface area (Å²) in [6, 6.07) is 0. The number of aliphatic carboxylic acids is 1. The fraction of sp³-hybridized carbons (Fsp3) is 0.717. The Morgan fingerprint density at radius 1 is 0.449 bits per heavy atom. The van der Waals surface area contributed by atoms with Gasteiger partial charge in [0.2, 0.25) is 0 Å². The number of allylic oxidation sites excluding steroid dienone is 14. The summed E-state index contributed by atoms with van der Waals surface area (Å²) in [6.07, 6.45) is 63.6. The SMILES string of the molecule is CC/C=C\C/C=C\C/C=C\C/C=C\C/C=C\C/C=C\CCCCCCC(=O)OC(COC(=O)CCCCCCCCCCC/C=C\CCCCCCCCCC)COC(OCC[N+](C)(C)C)C(=O)O. The van der Waals surface area contributed by atoms with Crippen LogP contribution in [0.15, 0.2) is 85.1 Å². The molecule has 0 rings (SSSR count). The summed E-state index contributed by atoms with van der Waals surface area (Å²) < 4.78 is 22.8. The first-order chi connectivity index (χ1) is 33.6. The van der Waals surface area contributed by atoms with Crippen molar-refractivity contribution in [3.63, 3.8) is 0 Å². The molecule has 2 unspecified atom stereocenters. The van der Waals surface area contributed by atoms with Crippen molar-refractivity contribution in [2.45, 2.75) is 232 Å². The first-order valence-electron chi connectivity index (χ1n) is 27.8. The van der Waals surface area contributed by atoms with Gasteiger partial charge in [-0.15, -0.1) is 0 Å². The van der Waals surface area contributed by atoms with E-state index in [1.165, 1.54) is 103 Å². The molecule has 0 aromatic carbocycles. The number of likely N-dealkylation sites (N-methyl/N-ethyl adjacent to an activating group) is 1. The van der Waals surface area contributed by atoms with E-state index in [0.29, 0.717) is 23.9 Å². The van der Waals surface area contributed by atoms with E-state index in [9.17, 15) is 19.5 Å². The van der Waals surface area contributed by atoms with Crippen LogP contribution in [0.5, 0.6) is 0 Å². The maximum absolute atomic E-state index is 12.8. The van der Waals surface area contributed by atoms with Crippen LogP contribution in [0.2, 0.25) is 0 Å². The third-order valence-electron chi connectivity index (χ3n) is 11.6. The van der Waals surface area contributed by atoms with E-state index < -0.39 is 24.3 Å². The van der Waals surface area contributed by atoms with Crippen LogP contribution in [0.1, 0.15) is 219 Å². The fourth-order valence-corrected chi connectivity index (χ4v) is 7.36. The highest BCUT2D eigenvalue weighted by Gasteiger charge is 2.25. The Balaban J connectivity index is 4.37. The number of carbonyl (C=O) groups is 3. The molecule has 0 heterocycles. The number of nitrogens with zero attached hydrogens (tertiary/aromatic N) is 1. The molecule has 2 atom stereocenters. The molecule has 0 aliphatic heterocycles. The van der Waals surface area contributed by atoms with Crippen molar-refractivity contribution in [2.24, 2.45) is 0 Å². The van der Waals surface area contributed by atoms with Gasteiger partial charge in [-0.3, -0.25) is 9.59 Å². The smallest absolute Gasteiger partial charge is 0.361 e. The molecular formula is C60H104NO8+. The zero-order valence-corrected chi connectivity index (χ0v) is 44.9. The first kappa shape index (κ1) is 65.5. The number of carbonyl (C=O) groups excluding carboxylic acids is 2. The van der Waals surface area contributed by atoms with Crippen molar-refractivity contribution in [3.8, 4) is 0 Å². The number of esters is 2. The van der Waals surface area contributed by atoms with E-state index in [0.717, 1.165) is 83.5 Å². The van der Waals surface area contributed by atoms with Crippen molar-refractivity contribution in [1.29, 1.82) is 0 Å². The lowest BCUT2D eigenvalue weighted by Gasteiger charge is -2.25. The van der Waals surface area contributed by atoms with E-state index >= 15 is 0 Å². The van der Waals surface area contributed by atoms with Gasteiger partial charge in [0.1, 0.15) is 13.2 Å². The standard InChI is InChI=1S/C60H103NO8/c1-6-8-10-12-14-16-18-20-22-24-26-28-29-31-33-35-37-39-41-43-45-47-49-51-58(63)69-56(55-68-60(59(64)65)66-53-52-61(3,4)5)54-67-57(62)50-48-46-44-42-40-38-36-34-32-30-27-25-23-21-19-17-15-13-11-9-7-2/h8,10,14,16,20,22,25-28,31,33,37,39,56,60H,6-7,9,11-13,15,17-19,21,23-24,29-30,32,34-36,38,40-55H2,1-5H3/p+1/b10-8-,16-14-,22-20-,27-25-,28-26-,33-31-,39-37-. The van der Waals surface area contributed by atoms with E-state index in [1.807, 2.05) is 21.1 Å². The first-order valence-corrected chi connectivity index (χ1v) is 27.8. The molecule has 0 aromatic rings. The van der Waals surface area contributed by atoms with Gasteiger partial charge in [0.25, 0.3) is 6.29 Å². The second kappa shape index (κ2) is 50.8. The molecule has 0 aromatic heterocycles. The Kier molecular flexibility index (Phi) is 48.2. The Hall–Kier alpha value is -3.53. The van der Waals surface area contributed by atoms with Gasteiger partial charge in [-0.25, -0.2) is 4.79 Å². The molecule has 0 bridgehead atoms. The van der Waals surface area contributed by atoms with Crippen molar-refractivity contribution < 1.29 is 42.9 Å². The number of ether oxygens (including phenoxy) is 4. The molecule has 0 aliphatic rings. The minimum Gasteiger partial charge on any atom is -0.477 e. The topological polar surface area (TPSA) is 108 Å². The molecule has 0 aliphatic carbocycles. The minimum absolute atomic E-state index is 0.178. The van der Waals surface area contributed by atoms with Gasteiger partial charge in [0, 0.05) is 12.8 Å². The molecule has 9 nitrogen and oxygen atoms in total. The average molecular weight is 967 g/mol. The van der Waals surface area contributed by atoms with E-state index in [2.05, 4.69) is 98.9 Å². The van der Waals surface area contributed by atoms with Crippen LogP contribution < -0.4 is 0 Å². The van der Waals surface area contributed by atoms with Crippen molar-refractivity contribution in [2.75, 3.05) is 47.5 Å². The Morgan fingerprint density at radius 2 is 0.826 bits per heavy atom. The molecule has 9 heteroatoms. The number of hydrogen-bond donors (Lipinski definition) is 1. The zero-order chi connectivity index (χ0) is 50.6. The molecule has 0 fully saturated rings. The Morgan fingerprint density at radius 3 is 1.25 bits per heavy atom. The van der Waals surface area contributed by atoms with Gasteiger partial charge < -0.3 is 28.5 Å². The molecular weight excluding hydrogens is 863 g/mol. The second-order valence-electron chi connectivity index (χ2n) is 19.5. The van der Waals surface area contributed by atoms with Crippen LogP contribution in [-0.4, -0.2) is 87.4 Å². The summed E-state index contributed by atoms with van der Waals surface area (Å²) in [5.74, 6) is -2.05. The van der Waals surface area contributed by atoms with Crippen molar-refractivity contribution >= 4 is 17.9 Å². The summed E-state index contributed by atoms with van der Waals surface area (Å²) >= 11 is 0. The monoisotopic (exact) mass is 967 g/mol. The summed E-state index contributed by atoms with van der Waals surface area (Å²) in [5, 5.41) is 9.69. The molecule has 0 amide bonds. The van der Waals surface area contributed by atoms with Crippen LogP contribution in [0.4, 0.5) is 0 Å². The molecule has 0 saturated carbocycles. The Labute approximate surface area is 423 Å². The highest BCUT2D eigenvalue weighted by Crippen LogP contribution is 2.15. The fourth-order valence-electron chi connectivity index (χ4n) is 7.36. The average Bonchev–Trinajstić information content (AvgIpc) is 3.31. The van der Waals surface area contributed by atoms with Gasteiger partial charge in [-0.1, -0.05) is 202 Å². The van der Waals surface area contributed by atoms with Crippen molar-refractivity contribution in [3.05, 3.63) is 85.1 Å². The van der Waals surface area contributed by atoms with E-state index in [-0.39, 0.29) is 32.2 Å². The third-order valence-corrected chi connectivity index (χ3v) is 11.6. The second-order valence-corrected chi connectivity index (χ2v) is 19.5. The molecule has 69 heavy (non-hydrogen) atoms. The summed E-state index contributed by atoms with van der Waals surface area (Å²) in [5.41, 5.74) is 0. The summed E-state index contributed by atoms with van der Waals surface area (Å²) in [6.45, 7) is 4.73. The van der Waals surface area contributed by atoms with Gasteiger partial charge in [-0.2, -0.15) is 0 Å². The van der Waals surface area contributed by atoms with Crippen LogP contribution in [-0.2, 0) is 33.3 Å². The van der Waals surface area contributed by atoms with E-state index in [4.69, 9.17) is 18.9 Å². The van der Waals surface area contributed by atoms with Gasteiger partial charge in [0.15, 0.2) is 6.10 Å². The lowest BCUT2D eigenvalue weighted by molar-refractivity contribution is -0.870. The molecule has 396 valence electrons. The quantitative estimate of drug-likeness (QED) is 0.0211. The predicted octanol–water partition coefficient (Wildman–Crippen LogP) is 16.0. The lowest BCUT2D eigenvalue weighted by atomic mass is 10.1.